The minimum atomic E-state index is -0.951. The first-order valence-corrected chi connectivity index (χ1v) is 12.9. The van der Waals surface area contributed by atoms with Crippen molar-refractivity contribution in [3.05, 3.63) is 63.9 Å². The second-order valence-electron chi connectivity index (χ2n) is 8.80. The molecule has 2 amide bonds. The van der Waals surface area contributed by atoms with Crippen LogP contribution < -0.4 is 22.5 Å². The Balaban J connectivity index is 1.68. The maximum atomic E-state index is 13.1. The number of fused-ring (bicyclic) bond motifs is 1. The van der Waals surface area contributed by atoms with Crippen LogP contribution >= 0.6 is 15.9 Å². The molecule has 1 aliphatic rings. The molecule has 0 bridgehead atoms. The molecule has 2 aromatic rings. The fraction of sp³-hybridized carbons (Fsp3) is 0.480. The number of nitrogens with two attached hydrogens (primary N) is 3. The molecule has 9 nitrogen and oxygen atoms in total. The highest BCUT2D eigenvalue weighted by atomic mass is 79.9. The molecule has 1 aromatic carbocycles. The molecular weight excluding hydrogens is 510 g/mol. The smallest absolute Gasteiger partial charge is 0.238 e. The number of pyridine rings is 1. The summed E-state index contributed by atoms with van der Waals surface area (Å²) in [5.74, 6) is -0.553. The van der Waals surface area contributed by atoms with E-state index in [4.69, 9.17) is 17.2 Å². The Kier molecular flexibility index (Phi) is 10.6. The minimum absolute atomic E-state index is 0.0864. The third kappa shape index (κ3) is 8.08. The van der Waals surface area contributed by atoms with Gasteiger partial charge in [-0.3, -0.25) is 19.5 Å². The number of aryl methyl sites for hydroxylation is 1. The van der Waals surface area contributed by atoms with Crippen molar-refractivity contribution in [2.75, 3.05) is 32.7 Å². The van der Waals surface area contributed by atoms with Gasteiger partial charge < -0.3 is 27.4 Å². The molecule has 0 radical (unpaired) electrons. The predicted octanol–water partition coefficient (Wildman–Crippen LogP) is 0.741. The van der Waals surface area contributed by atoms with Crippen molar-refractivity contribution in [1.82, 2.24) is 20.1 Å². The van der Waals surface area contributed by atoms with E-state index in [1.165, 1.54) is 5.56 Å². The number of aromatic nitrogens is 1. The molecule has 2 heterocycles. The van der Waals surface area contributed by atoms with Gasteiger partial charge in [0.05, 0.1) is 18.6 Å². The van der Waals surface area contributed by atoms with Crippen LogP contribution in [0.2, 0.25) is 0 Å². The Labute approximate surface area is 215 Å². The summed E-state index contributed by atoms with van der Waals surface area (Å²) >= 11 is 3.51. The number of hydrogen-bond acceptors (Lipinski definition) is 7. The zero-order valence-corrected chi connectivity index (χ0v) is 21.6. The van der Waals surface area contributed by atoms with E-state index in [0.29, 0.717) is 32.7 Å². The Morgan fingerprint density at radius 3 is 2.57 bits per heavy atom. The van der Waals surface area contributed by atoms with E-state index in [2.05, 4.69) is 49.3 Å². The number of halogens is 1. The first-order chi connectivity index (χ1) is 16.9. The average molecular weight is 547 g/mol. The Morgan fingerprint density at radius 1 is 1.17 bits per heavy atom. The zero-order chi connectivity index (χ0) is 25.2. The van der Waals surface area contributed by atoms with Gasteiger partial charge >= 0.3 is 0 Å². The summed E-state index contributed by atoms with van der Waals surface area (Å²) in [7, 11) is 0. The summed E-state index contributed by atoms with van der Waals surface area (Å²) in [5, 5.41) is 3.12. The molecule has 1 aliphatic heterocycles. The summed E-state index contributed by atoms with van der Waals surface area (Å²) in [6.07, 6.45) is 3.84. The van der Waals surface area contributed by atoms with Crippen molar-refractivity contribution in [3.63, 3.8) is 0 Å². The third-order valence-corrected chi connectivity index (χ3v) is 6.65. The van der Waals surface area contributed by atoms with Crippen molar-refractivity contribution in [2.45, 2.75) is 44.4 Å². The maximum absolute atomic E-state index is 13.1. The van der Waals surface area contributed by atoms with Crippen molar-refractivity contribution < 1.29 is 9.59 Å². The molecule has 35 heavy (non-hydrogen) atoms. The summed E-state index contributed by atoms with van der Waals surface area (Å²) in [5.41, 5.74) is 20.8. The van der Waals surface area contributed by atoms with Crippen LogP contribution in [0.3, 0.4) is 0 Å². The molecule has 0 spiro atoms. The lowest BCUT2D eigenvalue weighted by atomic mass is 10.0. The quantitative estimate of drug-likeness (QED) is 0.308. The lowest BCUT2D eigenvalue weighted by Crippen LogP contribution is -2.55. The lowest BCUT2D eigenvalue weighted by Gasteiger charge is -2.36. The van der Waals surface area contributed by atoms with Crippen LogP contribution in [-0.4, -0.2) is 71.5 Å². The second-order valence-corrected chi connectivity index (χ2v) is 9.71. The van der Waals surface area contributed by atoms with Crippen molar-refractivity contribution in [1.29, 1.82) is 0 Å². The topological polar surface area (TPSA) is 144 Å². The molecule has 0 aliphatic carbocycles. The van der Waals surface area contributed by atoms with E-state index in [1.54, 1.807) is 4.90 Å². The number of hydrogen-bond donors (Lipinski definition) is 4. The molecule has 1 aromatic heterocycles. The first kappa shape index (κ1) is 27.2. The number of rotatable bonds is 12. The number of carbonyl (C=O) groups excluding carboxylic acids is 2. The van der Waals surface area contributed by atoms with Crippen LogP contribution in [0, 0.1) is 0 Å². The van der Waals surface area contributed by atoms with Gasteiger partial charge in [-0.15, -0.1) is 0 Å². The minimum Gasteiger partial charge on any atom is -0.340 e. The summed E-state index contributed by atoms with van der Waals surface area (Å²) < 4.78 is 0.933. The molecule has 7 N–H and O–H groups in total. The van der Waals surface area contributed by atoms with E-state index in [0.717, 1.165) is 41.5 Å². The molecule has 190 valence electrons. The second kappa shape index (κ2) is 13.6. The summed E-state index contributed by atoms with van der Waals surface area (Å²) in [4.78, 5) is 34.1. The molecule has 0 unspecified atom stereocenters. The molecule has 0 saturated carbocycles. The van der Waals surface area contributed by atoms with Crippen LogP contribution in [0.1, 0.15) is 29.7 Å². The first-order valence-electron chi connectivity index (χ1n) is 12.1. The van der Waals surface area contributed by atoms with Crippen molar-refractivity contribution in [2.24, 2.45) is 17.2 Å². The van der Waals surface area contributed by atoms with Gasteiger partial charge in [-0.1, -0.05) is 30.3 Å². The standard InChI is InChI=1S/C25H36BrN7O2/c26-20-14-19-17-33(11-8-22(19)30-16-20)23(7-6-18-4-2-1-3-5-18)31-25(35)21(29)15-24(34)32(12-9-27)13-10-28/h1-5,14,16,21,23H,6-13,15,17,27-29H2,(H,31,35)/t21-,23+/m0/s1. The van der Waals surface area contributed by atoms with Crippen LogP contribution in [0.15, 0.2) is 47.1 Å². The Bertz CT molecular complexity index is 970. The highest BCUT2D eigenvalue weighted by Gasteiger charge is 2.28. The van der Waals surface area contributed by atoms with Gasteiger partial charge in [0.15, 0.2) is 0 Å². The molecule has 3 rings (SSSR count). The van der Waals surface area contributed by atoms with E-state index in [9.17, 15) is 9.59 Å². The van der Waals surface area contributed by atoms with Gasteiger partial charge in [-0.25, -0.2) is 0 Å². The van der Waals surface area contributed by atoms with Gasteiger partial charge in [-0.05, 0) is 46.0 Å². The molecular formula is C25H36BrN7O2. The summed E-state index contributed by atoms with van der Waals surface area (Å²) in [6, 6.07) is 11.3. The zero-order valence-electron chi connectivity index (χ0n) is 20.0. The number of carbonyl (C=O) groups is 2. The van der Waals surface area contributed by atoms with Gasteiger partial charge in [0.2, 0.25) is 11.8 Å². The van der Waals surface area contributed by atoms with Crippen LogP contribution in [-0.2, 0) is 29.0 Å². The predicted molar refractivity (Wildman–Crippen MR) is 140 cm³/mol. The van der Waals surface area contributed by atoms with E-state index >= 15 is 0 Å². The number of benzene rings is 1. The van der Waals surface area contributed by atoms with E-state index in [1.807, 2.05) is 24.4 Å². The molecule has 0 saturated heterocycles. The SMILES string of the molecule is NCCN(CCN)C(=O)C[C@H](N)C(=O)N[C@@H](CCc1ccccc1)N1CCc2ncc(Br)cc2C1. The van der Waals surface area contributed by atoms with Crippen molar-refractivity contribution >= 4 is 27.7 Å². The average Bonchev–Trinajstić information content (AvgIpc) is 2.86. The largest absolute Gasteiger partial charge is 0.340 e. The van der Waals surface area contributed by atoms with Gasteiger partial charge in [0, 0.05) is 62.1 Å². The number of amides is 2. The van der Waals surface area contributed by atoms with Gasteiger partial charge in [-0.2, -0.15) is 0 Å². The molecule has 2 atom stereocenters. The Hall–Kier alpha value is -2.37. The Morgan fingerprint density at radius 2 is 1.89 bits per heavy atom. The highest BCUT2D eigenvalue weighted by molar-refractivity contribution is 9.10. The van der Waals surface area contributed by atoms with E-state index in [-0.39, 0.29) is 24.4 Å². The molecule has 0 fully saturated rings. The number of nitrogens with one attached hydrogen (secondary N) is 1. The van der Waals surface area contributed by atoms with Crippen LogP contribution in [0.25, 0.3) is 0 Å². The normalized spacial score (nSPS) is 15.2. The third-order valence-electron chi connectivity index (χ3n) is 6.22. The monoisotopic (exact) mass is 545 g/mol. The lowest BCUT2D eigenvalue weighted by molar-refractivity contribution is -0.134. The fourth-order valence-electron chi connectivity index (χ4n) is 4.33. The van der Waals surface area contributed by atoms with Crippen LogP contribution in [0.4, 0.5) is 0 Å². The summed E-state index contributed by atoms with van der Waals surface area (Å²) in [6.45, 7) is 2.89. The maximum Gasteiger partial charge on any atom is 0.238 e. The van der Waals surface area contributed by atoms with Crippen LogP contribution in [0.5, 0.6) is 0 Å². The van der Waals surface area contributed by atoms with Gasteiger partial charge in [0.1, 0.15) is 0 Å². The fourth-order valence-corrected chi connectivity index (χ4v) is 4.71. The number of nitrogens with zero attached hydrogens (tertiary/aromatic N) is 3. The van der Waals surface area contributed by atoms with Crippen molar-refractivity contribution in [3.8, 4) is 0 Å². The van der Waals surface area contributed by atoms with E-state index < -0.39 is 6.04 Å². The van der Waals surface area contributed by atoms with Gasteiger partial charge in [0.25, 0.3) is 0 Å². The molecule has 10 heteroatoms. The highest BCUT2D eigenvalue weighted by Crippen LogP contribution is 2.23.